The van der Waals surface area contributed by atoms with Gasteiger partial charge in [0.05, 0.1) is 12.0 Å². The van der Waals surface area contributed by atoms with Crippen LogP contribution in [0.15, 0.2) is 0 Å². The predicted molar refractivity (Wildman–Crippen MR) is 81.9 cm³/mol. The van der Waals surface area contributed by atoms with Crippen LogP contribution in [0, 0.1) is 11.8 Å². The summed E-state index contributed by atoms with van der Waals surface area (Å²) >= 11 is 1.98. The highest BCUT2D eigenvalue weighted by atomic mass is 32.2. The highest BCUT2D eigenvalue weighted by Gasteiger charge is 2.37. The van der Waals surface area contributed by atoms with E-state index in [1.165, 1.54) is 5.75 Å². The van der Waals surface area contributed by atoms with E-state index in [0.717, 1.165) is 51.3 Å². The van der Waals surface area contributed by atoms with Crippen molar-refractivity contribution in [2.75, 3.05) is 37.7 Å². The minimum absolute atomic E-state index is 0.169. The summed E-state index contributed by atoms with van der Waals surface area (Å²) in [7, 11) is 0. The van der Waals surface area contributed by atoms with Crippen molar-refractivity contribution in [1.29, 1.82) is 0 Å². The maximum atomic E-state index is 13.0. The van der Waals surface area contributed by atoms with Gasteiger partial charge in [-0.05, 0) is 37.5 Å². The summed E-state index contributed by atoms with van der Waals surface area (Å²) in [6.07, 6.45) is 3.68. The number of amides is 1. The largest absolute Gasteiger partial charge is 0.376 e. The molecule has 0 spiro atoms. The zero-order valence-electron chi connectivity index (χ0n) is 12.3. The molecule has 3 heterocycles. The van der Waals surface area contributed by atoms with Crippen LogP contribution in [-0.4, -0.2) is 60.7 Å². The number of carbonyl (C=O) groups is 1. The van der Waals surface area contributed by atoms with Crippen LogP contribution in [0.25, 0.3) is 0 Å². The normalized spacial score (nSPS) is 37.5. The van der Waals surface area contributed by atoms with E-state index in [1.54, 1.807) is 0 Å². The van der Waals surface area contributed by atoms with E-state index in [4.69, 9.17) is 4.74 Å². The van der Waals surface area contributed by atoms with E-state index in [9.17, 15) is 4.79 Å². The molecule has 20 heavy (non-hydrogen) atoms. The van der Waals surface area contributed by atoms with Crippen molar-refractivity contribution in [1.82, 2.24) is 10.2 Å². The second-order valence-electron chi connectivity index (χ2n) is 6.39. The van der Waals surface area contributed by atoms with Crippen molar-refractivity contribution in [2.45, 2.75) is 38.3 Å². The average molecular weight is 298 g/mol. The van der Waals surface area contributed by atoms with Gasteiger partial charge in [-0.15, -0.1) is 0 Å². The van der Waals surface area contributed by atoms with Gasteiger partial charge in [-0.1, -0.05) is 6.92 Å². The van der Waals surface area contributed by atoms with Crippen LogP contribution in [0.5, 0.6) is 0 Å². The molecule has 114 valence electrons. The molecule has 3 rings (SSSR count). The van der Waals surface area contributed by atoms with Gasteiger partial charge in [0.25, 0.3) is 0 Å². The maximum absolute atomic E-state index is 13.0. The van der Waals surface area contributed by atoms with Crippen molar-refractivity contribution >= 4 is 17.7 Å². The fourth-order valence-corrected chi connectivity index (χ4v) is 4.77. The van der Waals surface area contributed by atoms with E-state index < -0.39 is 0 Å². The number of rotatable bonds is 4. The summed E-state index contributed by atoms with van der Waals surface area (Å²) in [6, 6.07) is 0.435. The zero-order chi connectivity index (χ0) is 13.9. The number of carbonyl (C=O) groups excluding carboxylic acids is 1. The van der Waals surface area contributed by atoms with Gasteiger partial charge < -0.3 is 15.0 Å². The van der Waals surface area contributed by atoms with Crippen LogP contribution >= 0.6 is 11.8 Å². The predicted octanol–water partition coefficient (Wildman–Crippen LogP) is 1.35. The molecule has 0 aromatic rings. The van der Waals surface area contributed by atoms with Crippen LogP contribution in [0.2, 0.25) is 0 Å². The molecule has 0 bridgehead atoms. The van der Waals surface area contributed by atoms with Crippen LogP contribution in [0.4, 0.5) is 0 Å². The van der Waals surface area contributed by atoms with Crippen molar-refractivity contribution in [3.8, 4) is 0 Å². The highest BCUT2D eigenvalue weighted by molar-refractivity contribution is 7.99. The Balaban J connectivity index is 1.68. The number of hydrogen-bond donors (Lipinski definition) is 1. The topological polar surface area (TPSA) is 41.6 Å². The molecule has 4 atom stereocenters. The molecule has 3 fully saturated rings. The molecule has 0 radical (unpaired) electrons. The molecule has 0 aromatic carbocycles. The summed E-state index contributed by atoms with van der Waals surface area (Å²) in [5.74, 6) is 3.29. The monoisotopic (exact) mass is 298 g/mol. The fraction of sp³-hybridized carbons (Fsp3) is 0.933. The molecular weight excluding hydrogens is 272 g/mol. The average Bonchev–Trinajstić information content (AvgIpc) is 3.17. The van der Waals surface area contributed by atoms with Crippen LogP contribution in [0.1, 0.15) is 26.2 Å². The Hall–Kier alpha value is -0.260. The smallest absolute Gasteiger partial charge is 0.227 e. The molecule has 4 unspecified atom stereocenters. The number of ether oxygens (including phenoxy) is 1. The Bertz CT molecular complexity index is 341. The van der Waals surface area contributed by atoms with E-state index in [0.29, 0.717) is 17.9 Å². The third kappa shape index (κ3) is 3.15. The first-order valence-electron chi connectivity index (χ1n) is 7.96. The van der Waals surface area contributed by atoms with Crippen LogP contribution < -0.4 is 5.32 Å². The highest BCUT2D eigenvalue weighted by Crippen LogP contribution is 2.28. The lowest BCUT2D eigenvalue weighted by molar-refractivity contribution is -0.139. The second-order valence-corrected chi connectivity index (χ2v) is 7.53. The van der Waals surface area contributed by atoms with E-state index in [2.05, 4.69) is 17.1 Å². The summed E-state index contributed by atoms with van der Waals surface area (Å²) in [4.78, 5) is 15.1. The Kier molecular flexibility index (Phi) is 4.89. The Morgan fingerprint density at radius 1 is 1.40 bits per heavy atom. The first kappa shape index (κ1) is 14.7. The second kappa shape index (κ2) is 6.67. The molecule has 0 saturated carbocycles. The van der Waals surface area contributed by atoms with Gasteiger partial charge in [0.2, 0.25) is 5.91 Å². The summed E-state index contributed by atoms with van der Waals surface area (Å²) in [6.45, 7) is 5.70. The molecule has 1 N–H and O–H groups in total. The van der Waals surface area contributed by atoms with Gasteiger partial charge in [-0.3, -0.25) is 4.79 Å². The number of hydrogen-bond acceptors (Lipinski definition) is 4. The third-order valence-corrected chi connectivity index (χ3v) is 6.03. The van der Waals surface area contributed by atoms with E-state index in [1.807, 2.05) is 11.8 Å². The van der Waals surface area contributed by atoms with Gasteiger partial charge in [0.1, 0.15) is 0 Å². The summed E-state index contributed by atoms with van der Waals surface area (Å²) < 4.78 is 5.77. The Labute approximate surface area is 126 Å². The van der Waals surface area contributed by atoms with E-state index >= 15 is 0 Å². The number of thioether (sulfide) groups is 1. The Morgan fingerprint density at radius 2 is 2.30 bits per heavy atom. The number of nitrogens with one attached hydrogen (secondary N) is 1. The van der Waals surface area contributed by atoms with Crippen molar-refractivity contribution < 1.29 is 9.53 Å². The van der Waals surface area contributed by atoms with Gasteiger partial charge in [-0.25, -0.2) is 0 Å². The van der Waals surface area contributed by atoms with Gasteiger partial charge in [-0.2, -0.15) is 11.8 Å². The summed E-state index contributed by atoms with van der Waals surface area (Å²) in [5, 5.41) is 3.36. The molecular formula is C15H26N2O2S. The van der Waals surface area contributed by atoms with Gasteiger partial charge in [0, 0.05) is 31.5 Å². The molecule has 3 saturated heterocycles. The SMILES string of the molecule is CC1CNCC1C(=O)N(CC1CCCO1)C1CCSC1. The van der Waals surface area contributed by atoms with Crippen molar-refractivity contribution in [3.05, 3.63) is 0 Å². The lowest BCUT2D eigenvalue weighted by Gasteiger charge is -2.33. The molecule has 1 amide bonds. The first-order valence-corrected chi connectivity index (χ1v) is 9.11. The lowest BCUT2D eigenvalue weighted by atomic mass is 9.95. The van der Waals surface area contributed by atoms with Crippen LogP contribution in [-0.2, 0) is 9.53 Å². The van der Waals surface area contributed by atoms with E-state index in [-0.39, 0.29) is 12.0 Å². The maximum Gasteiger partial charge on any atom is 0.227 e. The van der Waals surface area contributed by atoms with Crippen LogP contribution in [0.3, 0.4) is 0 Å². The molecule has 3 aliphatic rings. The molecule has 0 aromatic heterocycles. The Morgan fingerprint density at radius 3 is 2.90 bits per heavy atom. The quantitative estimate of drug-likeness (QED) is 0.851. The van der Waals surface area contributed by atoms with Gasteiger partial charge in [0.15, 0.2) is 0 Å². The standard InChI is InChI=1S/C15H26N2O2S/c1-11-7-16-8-14(11)15(18)17(12-4-6-20-10-12)9-13-3-2-5-19-13/h11-14,16H,2-10H2,1H3. The van der Waals surface area contributed by atoms with Crippen molar-refractivity contribution in [3.63, 3.8) is 0 Å². The number of nitrogens with zero attached hydrogens (tertiary/aromatic N) is 1. The minimum atomic E-state index is 0.169. The lowest BCUT2D eigenvalue weighted by Crippen LogP contribution is -2.48. The van der Waals surface area contributed by atoms with Gasteiger partial charge >= 0.3 is 0 Å². The molecule has 0 aliphatic carbocycles. The fourth-order valence-electron chi connectivity index (χ4n) is 3.55. The molecule has 4 nitrogen and oxygen atoms in total. The zero-order valence-corrected chi connectivity index (χ0v) is 13.2. The first-order chi connectivity index (χ1) is 9.75. The van der Waals surface area contributed by atoms with Crippen molar-refractivity contribution in [2.24, 2.45) is 11.8 Å². The third-order valence-electron chi connectivity index (χ3n) is 4.89. The summed E-state index contributed by atoms with van der Waals surface area (Å²) in [5.41, 5.74) is 0. The molecule has 3 aliphatic heterocycles. The molecule has 5 heteroatoms. The minimum Gasteiger partial charge on any atom is -0.376 e.